The first-order valence-electron chi connectivity index (χ1n) is 8.27. The summed E-state index contributed by atoms with van der Waals surface area (Å²) in [6.07, 6.45) is 7.47. The van der Waals surface area contributed by atoms with Crippen LogP contribution in [0.1, 0.15) is 58.8 Å². The van der Waals surface area contributed by atoms with Crippen molar-refractivity contribution in [1.82, 2.24) is 10.2 Å². The van der Waals surface area contributed by atoms with Crippen molar-refractivity contribution in [3.8, 4) is 0 Å². The molecule has 1 aliphatic rings. The Kier molecular flexibility index (Phi) is 8.35. The average molecular weight is 298 g/mol. The van der Waals surface area contributed by atoms with Gasteiger partial charge in [0.2, 0.25) is 6.41 Å². The Hall–Kier alpha value is -1.10. The molecule has 0 saturated heterocycles. The van der Waals surface area contributed by atoms with Crippen molar-refractivity contribution in [2.45, 2.75) is 70.9 Å². The van der Waals surface area contributed by atoms with Crippen LogP contribution in [0, 0.1) is 5.92 Å². The molecule has 2 amide bonds. The number of aliphatic hydroxyl groups excluding tert-OH is 1. The van der Waals surface area contributed by atoms with E-state index in [1.807, 2.05) is 0 Å². The van der Waals surface area contributed by atoms with Crippen LogP contribution in [-0.2, 0) is 9.59 Å². The molecule has 0 spiro atoms. The van der Waals surface area contributed by atoms with E-state index in [2.05, 4.69) is 12.2 Å². The van der Waals surface area contributed by atoms with Crippen LogP contribution >= 0.6 is 0 Å². The van der Waals surface area contributed by atoms with Gasteiger partial charge in [0.1, 0.15) is 0 Å². The molecule has 1 fully saturated rings. The van der Waals surface area contributed by atoms with Crippen molar-refractivity contribution in [1.29, 1.82) is 0 Å². The zero-order chi connectivity index (χ0) is 15.7. The maximum Gasteiger partial charge on any atom is 0.250 e. The van der Waals surface area contributed by atoms with Crippen LogP contribution in [0.3, 0.4) is 0 Å². The maximum atomic E-state index is 11.8. The third-order valence-electron chi connectivity index (χ3n) is 4.17. The van der Waals surface area contributed by atoms with Crippen molar-refractivity contribution in [3.05, 3.63) is 0 Å². The molecule has 21 heavy (non-hydrogen) atoms. The average Bonchev–Trinajstić information content (AvgIpc) is 3.31. The van der Waals surface area contributed by atoms with Crippen LogP contribution < -0.4 is 5.32 Å². The molecule has 5 nitrogen and oxygen atoms in total. The van der Waals surface area contributed by atoms with E-state index in [-0.39, 0.29) is 5.91 Å². The Balaban J connectivity index is 2.27. The van der Waals surface area contributed by atoms with Crippen molar-refractivity contribution >= 4 is 12.3 Å². The summed E-state index contributed by atoms with van der Waals surface area (Å²) >= 11 is 0. The summed E-state index contributed by atoms with van der Waals surface area (Å²) in [6.45, 7) is 5.13. The van der Waals surface area contributed by atoms with Crippen molar-refractivity contribution < 1.29 is 14.7 Å². The number of unbranched alkanes of at least 4 members (excludes halogenated alkanes) is 4. The molecule has 0 aromatic heterocycles. The van der Waals surface area contributed by atoms with E-state index in [1.54, 1.807) is 6.92 Å². The van der Waals surface area contributed by atoms with Gasteiger partial charge in [-0.15, -0.1) is 0 Å². The van der Waals surface area contributed by atoms with E-state index in [0.29, 0.717) is 19.0 Å². The molecule has 5 heteroatoms. The molecule has 0 aliphatic heterocycles. The first-order chi connectivity index (χ1) is 10.1. The fourth-order valence-electron chi connectivity index (χ4n) is 2.32. The van der Waals surface area contributed by atoms with E-state index in [9.17, 15) is 14.7 Å². The quantitative estimate of drug-likeness (QED) is 0.425. The summed E-state index contributed by atoms with van der Waals surface area (Å²) in [5.74, 6) is 0.212. The maximum absolute atomic E-state index is 11.8. The lowest BCUT2D eigenvalue weighted by atomic mass is 10.1. The summed E-state index contributed by atoms with van der Waals surface area (Å²) in [5, 5.41) is 12.8. The molecule has 2 unspecified atom stereocenters. The van der Waals surface area contributed by atoms with Crippen LogP contribution in [0.2, 0.25) is 0 Å². The fraction of sp³-hybridized carbons (Fsp3) is 0.875. The number of nitrogens with zero attached hydrogens (tertiary/aromatic N) is 1. The topological polar surface area (TPSA) is 69.6 Å². The normalized spacial score (nSPS) is 17.1. The standard InChI is InChI=1S/C16H30N2O3/c1-3-4-5-6-7-10-18(12-19)13(2)15(20)16(21)17-11-14-8-9-14/h12-15,20H,3-11H2,1-2H3,(H,17,21). The molecule has 122 valence electrons. The molecule has 0 bridgehead atoms. The summed E-state index contributed by atoms with van der Waals surface area (Å²) in [7, 11) is 0. The molecule has 1 rings (SSSR count). The molecule has 1 aliphatic carbocycles. The number of hydrogen-bond donors (Lipinski definition) is 2. The highest BCUT2D eigenvalue weighted by Crippen LogP contribution is 2.27. The minimum Gasteiger partial charge on any atom is -0.381 e. The minimum absolute atomic E-state index is 0.368. The monoisotopic (exact) mass is 298 g/mol. The number of carbonyl (C=O) groups excluding carboxylic acids is 2. The molecular weight excluding hydrogens is 268 g/mol. The van der Waals surface area contributed by atoms with E-state index in [4.69, 9.17) is 0 Å². The van der Waals surface area contributed by atoms with Crippen LogP contribution in [0.5, 0.6) is 0 Å². The molecule has 0 radical (unpaired) electrons. The van der Waals surface area contributed by atoms with Gasteiger partial charge in [-0.05, 0) is 32.1 Å². The van der Waals surface area contributed by atoms with E-state index >= 15 is 0 Å². The summed E-state index contributed by atoms with van der Waals surface area (Å²) in [4.78, 5) is 24.5. The number of carbonyl (C=O) groups is 2. The number of nitrogens with one attached hydrogen (secondary N) is 1. The number of amides is 2. The van der Waals surface area contributed by atoms with Gasteiger partial charge in [-0.3, -0.25) is 9.59 Å². The Morgan fingerprint density at radius 3 is 2.57 bits per heavy atom. The van der Waals surface area contributed by atoms with Gasteiger partial charge in [-0.2, -0.15) is 0 Å². The van der Waals surface area contributed by atoms with E-state index in [1.165, 1.54) is 24.2 Å². The molecule has 0 heterocycles. The summed E-state index contributed by atoms with van der Waals surface area (Å²) < 4.78 is 0. The lowest BCUT2D eigenvalue weighted by Crippen LogP contribution is -2.49. The predicted molar refractivity (Wildman–Crippen MR) is 82.7 cm³/mol. The molecule has 0 aromatic rings. The molecular formula is C16H30N2O3. The highest BCUT2D eigenvalue weighted by Gasteiger charge is 2.28. The van der Waals surface area contributed by atoms with E-state index < -0.39 is 12.1 Å². The van der Waals surface area contributed by atoms with Gasteiger partial charge in [-0.25, -0.2) is 0 Å². The lowest BCUT2D eigenvalue weighted by molar-refractivity contribution is -0.135. The second-order valence-electron chi connectivity index (χ2n) is 6.13. The Morgan fingerprint density at radius 2 is 2.00 bits per heavy atom. The zero-order valence-electron chi connectivity index (χ0n) is 13.4. The smallest absolute Gasteiger partial charge is 0.250 e. The number of hydrogen-bond acceptors (Lipinski definition) is 3. The third-order valence-corrected chi connectivity index (χ3v) is 4.17. The Labute approximate surface area is 128 Å². The van der Waals surface area contributed by atoms with Gasteiger partial charge in [0.15, 0.2) is 6.10 Å². The predicted octanol–water partition coefficient (Wildman–Crippen LogP) is 1.69. The highest BCUT2D eigenvalue weighted by molar-refractivity contribution is 5.81. The summed E-state index contributed by atoms with van der Waals surface area (Å²) in [6, 6.07) is -0.479. The van der Waals surface area contributed by atoms with Gasteiger partial charge >= 0.3 is 0 Å². The van der Waals surface area contributed by atoms with Gasteiger partial charge in [-0.1, -0.05) is 32.6 Å². The minimum atomic E-state index is -1.15. The van der Waals surface area contributed by atoms with Crippen molar-refractivity contribution in [2.75, 3.05) is 13.1 Å². The van der Waals surface area contributed by atoms with Crippen molar-refractivity contribution in [3.63, 3.8) is 0 Å². The van der Waals surface area contributed by atoms with Crippen LogP contribution in [0.15, 0.2) is 0 Å². The number of rotatable bonds is 12. The molecule has 1 saturated carbocycles. The fourth-order valence-corrected chi connectivity index (χ4v) is 2.32. The summed E-state index contributed by atoms with van der Waals surface area (Å²) in [5.41, 5.74) is 0. The molecule has 2 atom stereocenters. The van der Waals surface area contributed by atoms with Crippen LogP contribution in [-0.4, -0.2) is 47.6 Å². The molecule has 0 aromatic carbocycles. The van der Waals surface area contributed by atoms with Gasteiger partial charge in [0.05, 0.1) is 6.04 Å². The lowest BCUT2D eigenvalue weighted by Gasteiger charge is -2.28. The third kappa shape index (κ3) is 6.93. The largest absolute Gasteiger partial charge is 0.381 e. The Morgan fingerprint density at radius 1 is 1.33 bits per heavy atom. The Bertz CT molecular complexity index is 319. The molecule has 2 N–H and O–H groups in total. The van der Waals surface area contributed by atoms with Crippen LogP contribution in [0.25, 0.3) is 0 Å². The van der Waals surface area contributed by atoms with Gasteiger partial charge < -0.3 is 15.3 Å². The number of aliphatic hydroxyl groups is 1. The van der Waals surface area contributed by atoms with Gasteiger partial charge in [0.25, 0.3) is 5.91 Å². The zero-order valence-corrected chi connectivity index (χ0v) is 13.4. The first-order valence-corrected chi connectivity index (χ1v) is 8.27. The van der Waals surface area contributed by atoms with Crippen LogP contribution in [0.4, 0.5) is 0 Å². The first kappa shape index (κ1) is 18.0. The second-order valence-corrected chi connectivity index (χ2v) is 6.13. The highest BCUT2D eigenvalue weighted by atomic mass is 16.3. The van der Waals surface area contributed by atoms with Gasteiger partial charge in [0, 0.05) is 13.1 Å². The van der Waals surface area contributed by atoms with Crippen molar-refractivity contribution in [2.24, 2.45) is 5.92 Å². The second kappa shape index (κ2) is 9.77. The SMILES string of the molecule is CCCCCCCN(C=O)C(C)C(O)C(=O)NCC1CC1. The van der Waals surface area contributed by atoms with E-state index in [0.717, 1.165) is 32.1 Å².